The van der Waals surface area contributed by atoms with Gasteiger partial charge in [0, 0.05) is 11.8 Å². The third-order valence-corrected chi connectivity index (χ3v) is 3.74. The average molecular weight is 253 g/mol. The Kier molecular flexibility index (Phi) is 3.56. The molecule has 1 aromatic carbocycles. The Hall–Kier alpha value is -1.74. The lowest BCUT2D eigenvalue weighted by atomic mass is 10.0. The van der Waals surface area contributed by atoms with Gasteiger partial charge < -0.3 is 5.73 Å². The highest BCUT2D eigenvalue weighted by Gasteiger charge is 2.11. The van der Waals surface area contributed by atoms with Gasteiger partial charge in [-0.3, -0.25) is 9.97 Å². The summed E-state index contributed by atoms with van der Waals surface area (Å²) in [5, 5.41) is 0. The molecule has 0 atom stereocenters. The molecule has 0 bridgehead atoms. The van der Waals surface area contributed by atoms with Crippen LogP contribution in [0.25, 0.3) is 11.3 Å². The summed E-state index contributed by atoms with van der Waals surface area (Å²) in [6.07, 6.45) is 9.33. The summed E-state index contributed by atoms with van der Waals surface area (Å²) in [4.78, 5) is 8.99. The molecule has 3 rings (SSSR count). The molecule has 0 saturated heterocycles. The van der Waals surface area contributed by atoms with Crippen LogP contribution in [0.3, 0.4) is 0 Å². The zero-order valence-corrected chi connectivity index (χ0v) is 11.1. The van der Waals surface area contributed by atoms with Gasteiger partial charge in [0.2, 0.25) is 0 Å². The van der Waals surface area contributed by atoms with Crippen molar-refractivity contribution >= 4 is 0 Å². The lowest BCUT2D eigenvalue weighted by Gasteiger charge is -2.05. The lowest BCUT2D eigenvalue weighted by Crippen LogP contribution is -2.02. The minimum atomic E-state index is 0.703. The number of hydrogen-bond acceptors (Lipinski definition) is 3. The molecule has 1 aromatic heterocycles. The topological polar surface area (TPSA) is 51.8 Å². The molecule has 2 aromatic rings. The highest BCUT2D eigenvalue weighted by Crippen LogP contribution is 2.26. The number of benzene rings is 1. The third-order valence-electron chi connectivity index (χ3n) is 3.74. The number of nitrogens with two attached hydrogens (primary N) is 1. The monoisotopic (exact) mass is 253 g/mol. The zero-order valence-electron chi connectivity index (χ0n) is 11.1. The minimum Gasteiger partial charge on any atom is -0.330 e. The summed E-state index contributed by atoms with van der Waals surface area (Å²) in [6.45, 7) is 0.703. The first-order valence-electron chi connectivity index (χ1n) is 7.00. The Balaban J connectivity index is 1.82. The Morgan fingerprint density at radius 2 is 1.95 bits per heavy atom. The van der Waals surface area contributed by atoms with Crippen molar-refractivity contribution in [2.45, 2.75) is 32.1 Å². The molecule has 0 spiro atoms. The van der Waals surface area contributed by atoms with E-state index in [0.29, 0.717) is 6.54 Å². The number of hydrogen-bond donors (Lipinski definition) is 1. The van der Waals surface area contributed by atoms with Gasteiger partial charge in [0.1, 0.15) is 0 Å². The molecule has 0 fully saturated rings. The highest BCUT2D eigenvalue weighted by atomic mass is 14.8. The van der Waals surface area contributed by atoms with Gasteiger partial charge in [-0.1, -0.05) is 12.1 Å². The summed E-state index contributed by atoms with van der Waals surface area (Å²) in [5.41, 5.74) is 11.6. The van der Waals surface area contributed by atoms with Crippen molar-refractivity contribution in [1.29, 1.82) is 0 Å². The van der Waals surface area contributed by atoms with E-state index in [1.54, 1.807) is 0 Å². The van der Waals surface area contributed by atoms with Crippen LogP contribution in [0.2, 0.25) is 0 Å². The molecular formula is C16H19N3. The van der Waals surface area contributed by atoms with Gasteiger partial charge in [-0.2, -0.15) is 0 Å². The molecule has 0 radical (unpaired) electrons. The third kappa shape index (κ3) is 2.66. The fourth-order valence-electron chi connectivity index (χ4n) is 2.65. The van der Waals surface area contributed by atoms with Gasteiger partial charge in [-0.15, -0.1) is 0 Å². The molecule has 1 aliphatic rings. The van der Waals surface area contributed by atoms with Crippen molar-refractivity contribution < 1.29 is 0 Å². The maximum absolute atomic E-state index is 5.50. The van der Waals surface area contributed by atoms with Crippen LogP contribution in [0.15, 0.2) is 30.6 Å². The molecule has 19 heavy (non-hydrogen) atoms. The summed E-state index contributed by atoms with van der Waals surface area (Å²) >= 11 is 0. The van der Waals surface area contributed by atoms with E-state index in [1.165, 1.54) is 36.0 Å². The second-order valence-corrected chi connectivity index (χ2v) is 5.12. The number of fused-ring (bicyclic) bond motifs is 1. The zero-order chi connectivity index (χ0) is 13.1. The molecule has 0 saturated carbocycles. The van der Waals surface area contributed by atoms with Crippen LogP contribution < -0.4 is 5.73 Å². The van der Waals surface area contributed by atoms with Crippen molar-refractivity contribution in [2.75, 3.05) is 6.54 Å². The Morgan fingerprint density at radius 3 is 2.74 bits per heavy atom. The van der Waals surface area contributed by atoms with E-state index in [4.69, 9.17) is 5.73 Å². The fraction of sp³-hybridized carbons (Fsp3) is 0.375. The SMILES string of the molecule is NCCCc1cnc(-c2ccc3c(c2)CCC3)cn1. The average Bonchev–Trinajstić information content (AvgIpc) is 2.93. The van der Waals surface area contributed by atoms with Crippen molar-refractivity contribution in [3.05, 3.63) is 47.4 Å². The lowest BCUT2D eigenvalue weighted by molar-refractivity contribution is 0.805. The molecule has 0 amide bonds. The van der Waals surface area contributed by atoms with Crippen LogP contribution in [-0.4, -0.2) is 16.5 Å². The predicted octanol–water partition coefficient (Wildman–Crippen LogP) is 2.52. The van der Waals surface area contributed by atoms with Crippen molar-refractivity contribution in [1.82, 2.24) is 9.97 Å². The van der Waals surface area contributed by atoms with Crippen LogP contribution >= 0.6 is 0 Å². The first-order chi connectivity index (χ1) is 9.36. The van der Waals surface area contributed by atoms with Gasteiger partial charge in [0.25, 0.3) is 0 Å². The second kappa shape index (κ2) is 5.49. The van der Waals surface area contributed by atoms with E-state index < -0.39 is 0 Å². The molecule has 0 aliphatic heterocycles. The molecular weight excluding hydrogens is 234 g/mol. The molecule has 3 nitrogen and oxygen atoms in total. The Bertz CT molecular complexity index is 561. The largest absolute Gasteiger partial charge is 0.330 e. The molecule has 98 valence electrons. The number of rotatable bonds is 4. The van der Waals surface area contributed by atoms with Gasteiger partial charge in [0.15, 0.2) is 0 Å². The smallest absolute Gasteiger partial charge is 0.0885 e. The van der Waals surface area contributed by atoms with E-state index in [-0.39, 0.29) is 0 Å². The first-order valence-corrected chi connectivity index (χ1v) is 7.00. The van der Waals surface area contributed by atoms with Crippen LogP contribution in [0.5, 0.6) is 0 Å². The van der Waals surface area contributed by atoms with Gasteiger partial charge in [-0.25, -0.2) is 0 Å². The molecule has 2 N–H and O–H groups in total. The summed E-state index contributed by atoms with van der Waals surface area (Å²) in [6, 6.07) is 6.67. The Labute approximate surface area is 113 Å². The van der Waals surface area contributed by atoms with Gasteiger partial charge >= 0.3 is 0 Å². The fourth-order valence-corrected chi connectivity index (χ4v) is 2.65. The van der Waals surface area contributed by atoms with E-state index in [1.807, 2.05) is 12.4 Å². The van der Waals surface area contributed by atoms with Crippen LogP contribution in [0.1, 0.15) is 29.7 Å². The maximum atomic E-state index is 5.50. The normalized spacial score (nSPS) is 13.5. The molecule has 1 heterocycles. The summed E-state index contributed by atoms with van der Waals surface area (Å²) in [5.74, 6) is 0. The van der Waals surface area contributed by atoms with Crippen LogP contribution in [0, 0.1) is 0 Å². The summed E-state index contributed by atoms with van der Waals surface area (Å²) < 4.78 is 0. The van der Waals surface area contributed by atoms with Crippen molar-refractivity contribution in [3.63, 3.8) is 0 Å². The highest BCUT2D eigenvalue weighted by molar-refractivity contribution is 5.60. The van der Waals surface area contributed by atoms with Gasteiger partial charge in [-0.05, 0) is 55.8 Å². The number of aromatic nitrogens is 2. The van der Waals surface area contributed by atoms with E-state index in [9.17, 15) is 0 Å². The Morgan fingerprint density at radius 1 is 1.05 bits per heavy atom. The van der Waals surface area contributed by atoms with Crippen LogP contribution in [0.4, 0.5) is 0 Å². The van der Waals surface area contributed by atoms with E-state index in [2.05, 4.69) is 28.2 Å². The van der Waals surface area contributed by atoms with Gasteiger partial charge in [0.05, 0.1) is 17.6 Å². The maximum Gasteiger partial charge on any atom is 0.0885 e. The van der Waals surface area contributed by atoms with Crippen molar-refractivity contribution in [2.24, 2.45) is 5.73 Å². The second-order valence-electron chi connectivity index (χ2n) is 5.12. The van der Waals surface area contributed by atoms with Crippen LogP contribution in [-0.2, 0) is 19.3 Å². The molecule has 1 aliphatic carbocycles. The number of aryl methyl sites for hydroxylation is 3. The summed E-state index contributed by atoms with van der Waals surface area (Å²) in [7, 11) is 0. The first kappa shape index (κ1) is 12.3. The van der Waals surface area contributed by atoms with E-state index in [0.717, 1.165) is 24.2 Å². The molecule has 3 heteroatoms. The standard InChI is InChI=1S/C16H19N3/c17-8-2-5-15-10-19-16(11-18-15)14-7-6-12-3-1-4-13(12)9-14/h6-7,9-11H,1-5,8,17H2. The van der Waals surface area contributed by atoms with E-state index >= 15 is 0 Å². The molecule has 0 unspecified atom stereocenters. The van der Waals surface area contributed by atoms with Crippen molar-refractivity contribution in [3.8, 4) is 11.3 Å². The number of nitrogens with zero attached hydrogens (tertiary/aromatic N) is 2. The quantitative estimate of drug-likeness (QED) is 0.911. The minimum absolute atomic E-state index is 0.703. The predicted molar refractivity (Wildman–Crippen MR) is 76.9 cm³/mol.